The number of carbonyl (C=O) groups excluding carboxylic acids is 1. The Balaban J connectivity index is 1.87. The van der Waals surface area contributed by atoms with Crippen molar-refractivity contribution in [1.29, 1.82) is 0 Å². The zero-order valence-corrected chi connectivity index (χ0v) is 12.6. The lowest BCUT2D eigenvalue weighted by Gasteiger charge is -2.15. The maximum atomic E-state index is 11.7. The van der Waals surface area contributed by atoms with Gasteiger partial charge in [-0.1, -0.05) is 19.9 Å². The van der Waals surface area contributed by atoms with Crippen molar-refractivity contribution in [2.75, 3.05) is 6.54 Å². The highest BCUT2D eigenvalue weighted by Gasteiger charge is 2.11. The van der Waals surface area contributed by atoms with Crippen LogP contribution in [0.3, 0.4) is 0 Å². The van der Waals surface area contributed by atoms with Gasteiger partial charge in [0, 0.05) is 18.4 Å². The summed E-state index contributed by atoms with van der Waals surface area (Å²) in [6, 6.07) is 5.58. The monoisotopic (exact) mass is 290 g/mol. The first-order chi connectivity index (χ1) is 9.97. The van der Waals surface area contributed by atoms with Crippen molar-refractivity contribution in [2.45, 2.75) is 33.4 Å². The van der Waals surface area contributed by atoms with E-state index in [-0.39, 0.29) is 18.5 Å². The van der Waals surface area contributed by atoms with Crippen LogP contribution in [0.25, 0.3) is 5.65 Å². The molecule has 0 saturated heterocycles. The molecule has 2 aromatic heterocycles. The van der Waals surface area contributed by atoms with E-state index in [0.717, 1.165) is 17.0 Å². The summed E-state index contributed by atoms with van der Waals surface area (Å²) in [5.41, 5.74) is 2.75. The summed E-state index contributed by atoms with van der Waals surface area (Å²) >= 11 is 0. The Morgan fingerprint density at radius 3 is 2.81 bits per heavy atom. The number of urea groups is 1. The quantitative estimate of drug-likeness (QED) is 0.780. The second kappa shape index (κ2) is 6.58. The molecule has 0 saturated carbocycles. The van der Waals surface area contributed by atoms with E-state index in [1.165, 1.54) is 0 Å². The molecule has 3 N–H and O–H groups in total. The van der Waals surface area contributed by atoms with Gasteiger partial charge in [0.1, 0.15) is 5.65 Å². The lowest BCUT2D eigenvalue weighted by molar-refractivity contribution is 0.125. The minimum Gasteiger partial charge on any atom is -0.391 e. The van der Waals surface area contributed by atoms with Crippen molar-refractivity contribution in [2.24, 2.45) is 5.92 Å². The second-order valence-corrected chi connectivity index (χ2v) is 5.50. The lowest BCUT2D eigenvalue weighted by Crippen LogP contribution is -2.40. The van der Waals surface area contributed by atoms with Gasteiger partial charge in [-0.2, -0.15) is 0 Å². The third-order valence-electron chi connectivity index (χ3n) is 3.42. The average Bonchev–Trinajstić information content (AvgIpc) is 2.87. The fourth-order valence-corrected chi connectivity index (χ4v) is 1.95. The van der Waals surface area contributed by atoms with E-state index in [4.69, 9.17) is 0 Å². The Labute approximate surface area is 124 Å². The smallest absolute Gasteiger partial charge is 0.315 e. The third-order valence-corrected chi connectivity index (χ3v) is 3.42. The number of nitrogens with one attached hydrogen (secondary N) is 2. The summed E-state index contributed by atoms with van der Waals surface area (Å²) in [6.07, 6.45) is 1.38. The van der Waals surface area contributed by atoms with Crippen LogP contribution in [-0.4, -0.2) is 33.2 Å². The Kier molecular flexibility index (Phi) is 4.80. The minimum absolute atomic E-state index is 0.117. The molecule has 1 unspecified atom stereocenters. The molecule has 2 heterocycles. The van der Waals surface area contributed by atoms with Crippen LogP contribution in [0, 0.1) is 12.8 Å². The predicted octanol–water partition coefficient (Wildman–Crippen LogP) is 1.46. The van der Waals surface area contributed by atoms with Gasteiger partial charge in [-0.05, 0) is 25.0 Å². The number of hydrogen-bond donors (Lipinski definition) is 3. The lowest BCUT2D eigenvalue weighted by atomic mass is 10.1. The predicted molar refractivity (Wildman–Crippen MR) is 81.0 cm³/mol. The van der Waals surface area contributed by atoms with Crippen LogP contribution in [0.5, 0.6) is 0 Å². The fraction of sp³-hybridized carbons (Fsp3) is 0.467. The third kappa shape index (κ3) is 3.95. The molecule has 2 amide bonds. The van der Waals surface area contributed by atoms with E-state index in [0.29, 0.717) is 6.54 Å². The number of carbonyl (C=O) groups is 1. The van der Waals surface area contributed by atoms with Crippen molar-refractivity contribution in [1.82, 2.24) is 20.0 Å². The van der Waals surface area contributed by atoms with Gasteiger partial charge >= 0.3 is 6.03 Å². The molecule has 6 heteroatoms. The highest BCUT2D eigenvalue weighted by atomic mass is 16.3. The number of aromatic nitrogens is 2. The number of aliphatic hydroxyl groups is 1. The van der Waals surface area contributed by atoms with E-state index < -0.39 is 6.10 Å². The van der Waals surface area contributed by atoms with E-state index in [1.807, 2.05) is 49.6 Å². The van der Waals surface area contributed by atoms with Crippen LogP contribution in [0.1, 0.15) is 25.2 Å². The zero-order chi connectivity index (χ0) is 15.4. The molecule has 2 aromatic rings. The van der Waals surface area contributed by atoms with E-state index in [2.05, 4.69) is 15.6 Å². The standard InChI is InChI=1S/C15H22N4O2/c1-10(2)13(20)8-17-15(21)16-7-12-9-19-11(3)5-4-6-14(19)18-12/h4-6,9-10,13,20H,7-8H2,1-3H3,(H2,16,17,21). The van der Waals surface area contributed by atoms with Crippen molar-refractivity contribution in [3.63, 3.8) is 0 Å². The Morgan fingerprint density at radius 2 is 2.14 bits per heavy atom. The molecule has 1 atom stereocenters. The number of aryl methyl sites for hydroxylation is 1. The van der Waals surface area contributed by atoms with E-state index in [9.17, 15) is 9.90 Å². The topological polar surface area (TPSA) is 78.7 Å². The van der Waals surface area contributed by atoms with Crippen molar-refractivity contribution in [3.8, 4) is 0 Å². The molecule has 0 radical (unpaired) electrons. The van der Waals surface area contributed by atoms with Crippen molar-refractivity contribution >= 4 is 11.7 Å². The first-order valence-corrected chi connectivity index (χ1v) is 7.10. The number of pyridine rings is 1. The Bertz CT molecular complexity index is 621. The Hall–Kier alpha value is -2.08. The number of aliphatic hydroxyl groups excluding tert-OH is 1. The summed E-state index contributed by atoms with van der Waals surface area (Å²) in [5, 5.41) is 15.0. The largest absolute Gasteiger partial charge is 0.391 e. The number of amides is 2. The molecule has 2 rings (SSSR count). The molecule has 0 aliphatic heterocycles. The molecule has 21 heavy (non-hydrogen) atoms. The molecule has 0 aliphatic rings. The van der Waals surface area contributed by atoms with Crippen LogP contribution < -0.4 is 10.6 Å². The van der Waals surface area contributed by atoms with E-state index >= 15 is 0 Å². The summed E-state index contributed by atoms with van der Waals surface area (Å²) in [5.74, 6) is 0.117. The molecule has 6 nitrogen and oxygen atoms in total. The van der Waals surface area contributed by atoms with Gasteiger partial charge in [0.2, 0.25) is 0 Å². The van der Waals surface area contributed by atoms with Crippen LogP contribution in [0.4, 0.5) is 4.79 Å². The van der Waals surface area contributed by atoms with Crippen molar-refractivity contribution < 1.29 is 9.90 Å². The highest BCUT2D eigenvalue weighted by molar-refractivity contribution is 5.73. The van der Waals surface area contributed by atoms with Gasteiger partial charge in [-0.25, -0.2) is 9.78 Å². The number of rotatable bonds is 5. The molecule has 114 valence electrons. The molecule has 0 aromatic carbocycles. The second-order valence-electron chi connectivity index (χ2n) is 5.50. The molecule has 0 bridgehead atoms. The minimum atomic E-state index is -0.534. The zero-order valence-electron chi connectivity index (χ0n) is 12.6. The number of hydrogen-bond acceptors (Lipinski definition) is 3. The van der Waals surface area contributed by atoms with Gasteiger partial charge in [-0.3, -0.25) is 0 Å². The van der Waals surface area contributed by atoms with Crippen LogP contribution in [0.2, 0.25) is 0 Å². The fourth-order valence-electron chi connectivity index (χ4n) is 1.95. The van der Waals surface area contributed by atoms with Crippen LogP contribution in [-0.2, 0) is 6.54 Å². The van der Waals surface area contributed by atoms with Crippen LogP contribution >= 0.6 is 0 Å². The normalized spacial score (nSPS) is 12.6. The van der Waals surface area contributed by atoms with Gasteiger partial charge in [-0.15, -0.1) is 0 Å². The average molecular weight is 290 g/mol. The number of fused-ring (bicyclic) bond motifs is 1. The molecule has 0 aliphatic carbocycles. The highest BCUT2D eigenvalue weighted by Crippen LogP contribution is 2.08. The molecule has 0 fully saturated rings. The first kappa shape index (κ1) is 15.3. The van der Waals surface area contributed by atoms with Gasteiger partial charge in [0.25, 0.3) is 0 Å². The summed E-state index contributed by atoms with van der Waals surface area (Å²) in [7, 11) is 0. The molecular weight excluding hydrogens is 268 g/mol. The Morgan fingerprint density at radius 1 is 1.38 bits per heavy atom. The summed E-state index contributed by atoms with van der Waals surface area (Å²) in [4.78, 5) is 16.1. The first-order valence-electron chi connectivity index (χ1n) is 7.10. The van der Waals surface area contributed by atoms with Crippen molar-refractivity contribution in [3.05, 3.63) is 35.8 Å². The molecular formula is C15H22N4O2. The van der Waals surface area contributed by atoms with E-state index in [1.54, 1.807) is 0 Å². The van der Waals surface area contributed by atoms with Gasteiger partial charge < -0.3 is 20.1 Å². The maximum absolute atomic E-state index is 11.7. The summed E-state index contributed by atoms with van der Waals surface area (Å²) in [6.45, 7) is 6.41. The van der Waals surface area contributed by atoms with Crippen LogP contribution in [0.15, 0.2) is 24.4 Å². The van der Waals surface area contributed by atoms with Gasteiger partial charge in [0.05, 0.1) is 18.3 Å². The SMILES string of the molecule is Cc1cccc2nc(CNC(=O)NCC(O)C(C)C)cn12. The molecule has 0 spiro atoms. The van der Waals surface area contributed by atoms with Gasteiger partial charge in [0.15, 0.2) is 0 Å². The number of nitrogens with zero attached hydrogens (tertiary/aromatic N) is 2. The number of imidazole rings is 1. The summed E-state index contributed by atoms with van der Waals surface area (Å²) < 4.78 is 1.98. The maximum Gasteiger partial charge on any atom is 0.315 e.